The fraction of sp³-hybridized carbons (Fsp3) is 0.727. The van der Waals surface area contributed by atoms with Gasteiger partial charge in [-0.1, -0.05) is 19.8 Å². The van der Waals surface area contributed by atoms with Crippen molar-refractivity contribution in [2.24, 2.45) is 0 Å². The van der Waals surface area contributed by atoms with Gasteiger partial charge in [0.2, 0.25) is 0 Å². The van der Waals surface area contributed by atoms with Crippen molar-refractivity contribution in [3.05, 3.63) is 18.2 Å². The van der Waals surface area contributed by atoms with E-state index in [0.717, 1.165) is 25.5 Å². The number of nitrogens with one attached hydrogen (secondary N) is 1. The summed E-state index contributed by atoms with van der Waals surface area (Å²) in [4.78, 5) is 4.31. The quantitative estimate of drug-likeness (QED) is 0.676. The molecule has 0 spiro atoms. The van der Waals surface area contributed by atoms with Crippen LogP contribution in [-0.2, 0) is 13.1 Å². The van der Waals surface area contributed by atoms with Gasteiger partial charge in [0, 0.05) is 18.9 Å². The average molecular weight is 195 g/mol. The largest absolute Gasteiger partial charge is 0.334 e. The Labute approximate surface area is 86.5 Å². The molecule has 0 aromatic carbocycles. The fourth-order valence-electron chi connectivity index (χ4n) is 1.50. The highest BCUT2D eigenvalue weighted by Crippen LogP contribution is 1.97. The summed E-state index contributed by atoms with van der Waals surface area (Å²) in [7, 11) is 0. The van der Waals surface area contributed by atoms with Crippen LogP contribution in [0.2, 0.25) is 0 Å². The van der Waals surface area contributed by atoms with Crippen LogP contribution in [0.3, 0.4) is 0 Å². The van der Waals surface area contributed by atoms with Gasteiger partial charge in [-0.05, 0) is 19.9 Å². The second kappa shape index (κ2) is 6.60. The highest BCUT2D eigenvalue weighted by molar-refractivity contribution is 4.91. The number of nitrogens with zero attached hydrogens (tertiary/aromatic N) is 2. The molecule has 0 aliphatic heterocycles. The molecule has 1 heterocycles. The predicted molar refractivity (Wildman–Crippen MR) is 59.1 cm³/mol. The maximum Gasteiger partial charge on any atom is 0.122 e. The van der Waals surface area contributed by atoms with Gasteiger partial charge in [0.25, 0.3) is 0 Å². The average Bonchev–Trinajstić information content (AvgIpc) is 2.65. The van der Waals surface area contributed by atoms with Gasteiger partial charge < -0.3 is 9.88 Å². The van der Waals surface area contributed by atoms with Crippen LogP contribution in [0, 0.1) is 0 Å². The standard InChI is InChI=1S/C11H21N3/c1-3-5-6-7-12-10-11-13-8-9-14(11)4-2/h8-9,12H,3-7,10H2,1-2H3. The molecule has 1 N–H and O–H groups in total. The van der Waals surface area contributed by atoms with E-state index >= 15 is 0 Å². The zero-order valence-electron chi connectivity index (χ0n) is 9.29. The first kappa shape index (κ1) is 11.2. The maximum absolute atomic E-state index is 4.31. The molecule has 0 radical (unpaired) electrons. The van der Waals surface area contributed by atoms with E-state index in [2.05, 4.69) is 28.7 Å². The highest BCUT2D eigenvalue weighted by Gasteiger charge is 1.98. The summed E-state index contributed by atoms with van der Waals surface area (Å²) in [5.74, 6) is 1.14. The fourth-order valence-corrected chi connectivity index (χ4v) is 1.50. The van der Waals surface area contributed by atoms with Crippen LogP contribution < -0.4 is 5.32 Å². The molecule has 0 amide bonds. The Morgan fingerprint density at radius 3 is 2.93 bits per heavy atom. The highest BCUT2D eigenvalue weighted by atomic mass is 15.1. The number of aromatic nitrogens is 2. The molecule has 1 aromatic heterocycles. The molecular formula is C11H21N3. The minimum atomic E-state index is 0.893. The number of hydrogen-bond acceptors (Lipinski definition) is 2. The zero-order chi connectivity index (χ0) is 10.2. The molecule has 0 unspecified atom stereocenters. The topological polar surface area (TPSA) is 29.9 Å². The Balaban J connectivity index is 2.17. The zero-order valence-corrected chi connectivity index (χ0v) is 9.29. The van der Waals surface area contributed by atoms with Crippen molar-refractivity contribution in [2.75, 3.05) is 6.54 Å². The normalized spacial score (nSPS) is 10.7. The van der Waals surface area contributed by atoms with Crippen LogP contribution in [0.1, 0.15) is 38.9 Å². The van der Waals surface area contributed by atoms with Crippen LogP contribution in [0.5, 0.6) is 0 Å². The summed E-state index contributed by atoms with van der Waals surface area (Å²) in [6.45, 7) is 7.37. The van der Waals surface area contributed by atoms with Crippen molar-refractivity contribution in [1.82, 2.24) is 14.9 Å². The van der Waals surface area contributed by atoms with Crippen molar-refractivity contribution in [1.29, 1.82) is 0 Å². The Hall–Kier alpha value is -0.830. The van der Waals surface area contributed by atoms with Gasteiger partial charge in [-0.2, -0.15) is 0 Å². The first-order valence-corrected chi connectivity index (χ1v) is 5.59. The molecule has 0 aliphatic rings. The molecular weight excluding hydrogens is 174 g/mol. The third-order valence-electron chi connectivity index (χ3n) is 2.38. The Morgan fingerprint density at radius 2 is 2.21 bits per heavy atom. The van der Waals surface area contributed by atoms with E-state index in [9.17, 15) is 0 Å². The first-order chi connectivity index (χ1) is 6.88. The van der Waals surface area contributed by atoms with Crippen molar-refractivity contribution in [3.8, 4) is 0 Å². The van der Waals surface area contributed by atoms with E-state index in [0.29, 0.717) is 0 Å². The molecule has 0 aliphatic carbocycles. The number of rotatable bonds is 7. The molecule has 80 valence electrons. The van der Waals surface area contributed by atoms with E-state index < -0.39 is 0 Å². The predicted octanol–water partition coefficient (Wildman–Crippen LogP) is 2.18. The maximum atomic E-state index is 4.31. The van der Waals surface area contributed by atoms with Gasteiger partial charge >= 0.3 is 0 Å². The van der Waals surface area contributed by atoms with Gasteiger partial charge in [-0.15, -0.1) is 0 Å². The molecule has 0 fully saturated rings. The number of imidazole rings is 1. The van der Waals surface area contributed by atoms with Gasteiger partial charge in [0.1, 0.15) is 5.82 Å². The molecule has 3 heteroatoms. The van der Waals surface area contributed by atoms with Crippen molar-refractivity contribution in [3.63, 3.8) is 0 Å². The smallest absolute Gasteiger partial charge is 0.122 e. The molecule has 1 rings (SSSR count). The Kier molecular flexibility index (Phi) is 5.30. The molecule has 0 atom stereocenters. The summed E-state index contributed by atoms with van der Waals surface area (Å²) in [5, 5.41) is 3.41. The molecule has 0 bridgehead atoms. The van der Waals surface area contributed by atoms with Gasteiger partial charge in [0.15, 0.2) is 0 Å². The van der Waals surface area contributed by atoms with E-state index in [1.165, 1.54) is 19.3 Å². The van der Waals surface area contributed by atoms with Crippen molar-refractivity contribution < 1.29 is 0 Å². The summed E-state index contributed by atoms with van der Waals surface area (Å²) < 4.78 is 2.17. The monoisotopic (exact) mass is 195 g/mol. The van der Waals surface area contributed by atoms with E-state index in [-0.39, 0.29) is 0 Å². The van der Waals surface area contributed by atoms with Crippen LogP contribution in [0.15, 0.2) is 12.4 Å². The Bertz CT molecular complexity index is 242. The van der Waals surface area contributed by atoms with Gasteiger partial charge in [-0.25, -0.2) is 4.98 Å². The lowest BCUT2D eigenvalue weighted by Crippen LogP contribution is -2.17. The van der Waals surface area contributed by atoms with Gasteiger partial charge in [-0.3, -0.25) is 0 Å². The van der Waals surface area contributed by atoms with Gasteiger partial charge in [0.05, 0.1) is 6.54 Å². The molecule has 0 saturated carbocycles. The summed E-state index contributed by atoms with van der Waals surface area (Å²) >= 11 is 0. The lowest BCUT2D eigenvalue weighted by Gasteiger charge is -2.05. The summed E-state index contributed by atoms with van der Waals surface area (Å²) in [6, 6.07) is 0. The summed E-state index contributed by atoms with van der Waals surface area (Å²) in [6.07, 6.45) is 7.76. The first-order valence-electron chi connectivity index (χ1n) is 5.59. The lowest BCUT2D eigenvalue weighted by molar-refractivity contribution is 0.580. The molecule has 1 aromatic rings. The van der Waals surface area contributed by atoms with Crippen LogP contribution >= 0.6 is 0 Å². The SMILES string of the molecule is CCCCCNCc1nccn1CC. The van der Waals surface area contributed by atoms with Crippen molar-refractivity contribution >= 4 is 0 Å². The Morgan fingerprint density at radius 1 is 1.36 bits per heavy atom. The van der Waals surface area contributed by atoms with Crippen LogP contribution in [0.4, 0.5) is 0 Å². The van der Waals surface area contributed by atoms with E-state index in [4.69, 9.17) is 0 Å². The number of unbranched alkanes of at least 4 members (excludes halogenated alkanes) is 2. The lowest BCUT2D eigenvalue weighted by atomic mass is 10.2. The molecule has 3 nitrogen and oxygen atoms in total. The number of hydrogen-bond donors (Lipinski definition) is 1. The molecule has 14 heavy (non-hydrogen) atoms. The third kappa shape index (κ3) is 3.50. The van der Waals surface area contributed by atoms with E-state index in [1.54, 1.807) is 0 Å². The second-order valence-corrected chi connectivity index (χ2v) is 3.51. The second-order valence-electron chi connectivity index (χ2n) is 3.51. The van der Waals surface area contributed by atoms with Crippen molar-refractivity contribution in [2.45, 2.75) is 46.2 Å². The number of aryl methyl sites for hydroxylation is 1. The van der Waals surface area contributed by atoms with Crippen LogP contribution in [0.25, 0.3) is 0 Å². The third-order valence-corrected chi connectivity index (χ3v) is 2.38. The summed E-state index contributed by atoms with van der Waals surface area (Å²) in [5.41, 5.74) is 0. The minimum Gasteiger partial charge on any atom is -0.334 e. The van der Waals surface area contributed by atoms with E-state index in [1.807, 2.05) is 12.4 Å². The minimum absolute atomic E-state index is 0.893. The van der Waals surface area contributed by atoms with Crippen LogP contribution in [-0.4, -0.2) is 16.1 Å². The molecule has 0 saturated heterocycles.